The molecule has 0 radical (unpaired) electrons. The van der Waals surface area contributed by atoms with Crippen LogP contribution in [-0.2, 0) is 6.54 Å². The van der Waals surface area contributed by atoms with Gasteiger partial charge in [-0.25, -0.2) is 0 Å². The van der Waals surface area contributed by atoms with E-state index in [-0.39, 0.29) is 30.7 Å². The van der Waals surface area contributed by atoms with Gasteiger partial charge in [-0.05, 0) is 56.7 Å². The van der Waals surface area contributed by atoms with E-state index in [9.17, 15) is 4.79 Å². The Morgan fingerprint density at radius 1 is 1.24 bits per heavy atom. The van der Waals surface area contributed by atoms with E-state index >= 15 is 0 Å². The second-order valence-corrected chi connectivity index (χ2v) is 7.25. The van der Waals surface area contributed by atoms with E-state index in [0.29, 0.717) is 23.8 Å². The van der Waals surface area contributed by atoms with Crippen LogP contribution in [0.3, 0.4) is 0 Å². The Morgan fingerprint density at radius 2 is 1.96 bits per heavy atom. The van der Waals surface area contributed by atoms with Crippen molar-refractivity contribution in [1.29, 1.82) is 0 Å². The first kappa shape index (κ1) is 22.3. The lowest BCUT2D eigenvalue weighted by Gasteiger charge is -2.37. The lowest BCUT2D eigenvalue weighted by molar-refractivity contribution is 0.0621. The molecule has 2 aliphatic rings. The van der Waals surface area contributed by atoms with Gasteiger partial charge >= 0.3 is 0 Å². The monoisotopic (exact) mass is 391 g/mol. The molecular weight excluding hydrogens is 361 g/mol. The summed E-state index contributed by atoms with van der Waals surface area (Å²) in [6.45, 7) is 7.97. The molecule has 1 unspecified atom stereocenters. The zero-order valence-corrected chi connectivity index (χ0v) is 16.6. The number of rotatable bonds is 4. The second-order valence-electron chi connectivity index (χ2n) is 7.25. The van der Waals surface area contributed by atoms with Crippen molar-refractivity contribution in [3.63, 3.8) is 0 Å². The molecule has 7 heteroatoms. The maximum Gasteiger partial charge on any atom is 0.257 e. The van der Waals surface area contributed by atoms with E-state index in [1.54, 1.807) is 12.3 Å². The van der Waals surface area contributed by atoms with Gasteiger partial charge in [0.2, 0.25) is 0 Å². The van der Waals surface area contributed by atoms with Crippen LogP contribution >= 0.6 is 24.8 Å². The minimum Gasteiger partial charge on any atom is -0.467 e. The first-order valence-corrected chi connectivity index (χ1v) is 8.95. The molecular formula is C18H31Cl2N3O2. The van der Waals surface area contributed by atoms with Crippen LogP contribution in [0.1, 0.15) is 48.7 Å². The number of nitrogens with zero attached hydrogens (tertiary/aromatic N) is 2. The summed E-state index contributed by atoms with van der Waals surface area (Å²) in [5, 5.41) is 0. The van der Waals surface area contributed by atoms with E-state index in [1.807, 2.05) is 4.90 Å². The van der Waals surface area contributed by atoms with Gasteiger partial charge in [0.05, 0.1) is 12.1 Å². The highest BCUT2D eigenvalue weighted by molar-refractivity contribution is 5.94. The van der Waals surface area contributed by atoms with Crippen LogP contribution in [0.5, 0.6) is 0 Å². The Balaban J connectivity index is 0.00000156. The normalized spacial score (nSPS) is 22.2. The Labute approximate surface area is 163 Å². The molecule has 1 atom stereocenters. The van der Waals surface area contributed by atoms with Gasteiger partial charge in [0.1, 0.15) is 12.0 Å². The maximum atomic E-state index is 12.6. The number of piperidine rings is 2. The number of amides is 1. The highest BCUT2D eigenvalue weighted by atomic mass is 35.5. The molecule has 0 bridgehead atoms. The molecule has 0 aliphatic carbocycles. The molecule has 0 spiro atoms. The molecule has 144 valence electrons. The summed E-state index contributed by atoms with van der Waals surface area (Å²) in [5.74, 6) is 2.23. The van der Waals surface area contributed by atoms with Crippen LogP contribution in [0, 0.1) is 11.8 Å². The van der Waals surface area contributed by atoms with Gasteiger partial charge in [0.25, 0.3) is 5.91 Å². The third-order valence-corrected chi connectivity index (χ3v) is 5.30. The van der Waals surface area contributed by atoms with Gasteiger partial charge in [-0.15, -0.1) is 24.8 Å². The van der Waals surface area contributed by atoms with E-state index in [1.165, 1.54) is 32.4 Å². The number of nitrogens with two attached hydrogens (primary N) is 1. The molecule has 3 rings (SSSR count). The second kappa shape index (κ2) is 10.4. The van der Waals surface area contributed by atoms with Crippen molar-refractivity contribution >= 4 is 30.7 Å². The minimum absolute atomic E-state index is 0. The smallest absolute Gasteiger partial charge is 0.257 e. The fraction of sp³-hybridized carbons (Fsp3) is 0.722. The lowest BCUT2D eigenvalue weighted by atomic mass is 9.94. The van der Waals surface area contributed by atoms with Crippen molar-refractivity contribution < 1.29 is 9.21 Å². The van der Waals surface area contributed by atoms with Crippen molar-refractivity contribution in [1.82, 2.24) is 9.80 Å². The van der Waals surface area contributed by atoms with Crippen molar-refractivity contribution in [2.75, 3.05) is 32.7 Å². The van der Waals surface area contributed by atoms with Gasteiger partial charge < -0.3 is 20.0 Å². The number of furan rings is 1. The van der Waals surface area contributed by atoms with E-state index < -0.39 is 0 Å². The number of hydrogen-bond donors (Lipinski definition) is 1. The van der Waals surface area contributed by atoms with Crippen molar-refractivity contribution in [2.45, 2.75) is 39.2 Å². The molecule has 2 N–H and O–H groups in total. The number of carbonyl (C=O) groups excluding carboxylic acids is 1. The first-order chi connectivity index (χ1) is 11.2. The van der Waals surface area contributed by atoms with Gasteiger partial charge in [0.15, 0.2) is 0 Å². The van der Waals surface area contributed by atoms with Crippen molar-refractivity contribution in [2.24, 2.45) is 17.6 Å². The fourth-order valence-electron chi connectivity index (χ4n) is 3.79. The highest BCUT2D eigenvalue weighted by Gasteiger charge is 2.27. The van der Waals surface area contributed by atoms with Gasteiger partial charge in [0, 0.05) is 19.6 Å². The number of hydrogen-bond acceptors (Lipinski definition) is 4. The first-order valence-electron chi connectivity index (χ1n) is 8.95. The van der Waals surface area contributed by atoms with Crippen LogP contribution in [0.4, 0.5) is 0 Å². The lowest BCUT2D eigenvalue weighted by Crippen LogP contribution is -2.45. The summed E-state index contributed by atoms with van der Waals surface area (Å²) in [6, 6.07) is 1.78. The van der Waals surface area contributed by atoms with Crippen LogP contribution in [0.2, 0.25) is 0 Å². The molecule has 1 amide bonds. The molecule has 2 saturated heterocycles. The standard InChI is InChI=1S/C18H29N3O2.2ClH/c1-14-4-7-20(8-5-14)11-15-3-2-6-21(12-15)18(22)16-9-17(10-19)23-13-16;;/h9,13-15H,2-8,10-12,19H2,1H3;2*1H. The molecule has 2 fully saturated rings. The molecule has 2 aliphatic heterocycles. The topological polar surface area (TPSA) is 62.7 Å². The molecule has 5 nitrogen and oxygen atoms in total. The SMILES string of the molecule is CC1CCN(CC2CCCN(C(=O)c3coc(CN)c3)C2)CC1.Cl.Cl. The summed E-state index contributed by atoms with van der Waals surface area (Å²) in [7, 11) is 0. The molecule has 25 heavy (non-hydrogen) atoms. The summed E-state index contributed by atoms with van der Waals surface area (Å²) < 4.78 is 5.30. The molecule has 3 heterocycles. The molecule has 0 aromatic carbocycles. The minimum atomic E-state index is 0. The quantitative estimate of drug-likeness (QED) is 0.855. The van der Waals surface area contributed by atoms with Crippen LogP contribution in [0.15, 0.2) is 16.7 Å². The third-order valence-electron chi connectivity index (χ3n) is 5.30. The Morgan fingerprint density at radius 3 is 2.60 bits per heavy atom. The van der Waals surface area contributed by atoms with Gasteiger partial charge in [-0.3, -0.25) is 4.79 Å². The summed E-state index contributed by atoms with van der Waals surface area (Å²) in [5.41, 5.74) is 6.19. The van der Waals surface area contributed by atoms with Crippen molar-refractivity contribution in [3.8, 4) is 0 Å². The molecule has 0 saturated carbocycles. The number of carbonyl (C=O) groups is 1. The summed E-state index contributed by atoms with van der Waals surface area (Å²) in [4.78, 5) is 17.2. The number of halogens is 2. The maximum absolute atomic E-state index is 12.6. The van der Waals surface area contributed by atoms with Crippen LogP contribution < -0.4 is 5.73 Å². The average molecular weight is 392 g/mol. The Hall–Kier alpha value is -0.750. The van der Waals surface area contributed by atoms with Gasteiger partial charge in [-0.1, -0.05) is 6.92 Å². The zero-order valence-electron chi connectivity index (χ0n) is 15.0. The third kappa shape index (κ3) is 5.88. The fourth-order valence-corrected chi connectivity index (χ4v) is 3.79. The van der Waals surface area contributed by atoms with E-state index in [4.69, 9.17) is 10.2 Å². The van der Waals surface area contributed by atoms with Gasteiger partial charge in [-0.2, -0.15) is 0 Å². The van der Waals surface area contributed by atoms with E-state index in [2.05, 4.69) is 11.8 Å². The predicted molar refractivity (Wildman–Crippen MR) is 105 cm³/mol. The largest absolute Gasteiger partial charge is 0.467 e. The van der Waals surface area contributed by atoms with Crippen LogP contribution in [0.25, 0.3) is 0 Å². The van der Waals surface area contributed by atoms with E-state index in [0.717, 1.165) is 32.0 Å². The Bertz CT molecular complexity index is 530. The zero-order chi connectivity index (χ0) is 16.2. The van der Waals surface area contributed by atoms with Crippen molar-refractivity contribution in [3.05, 3.63) is 23.7 Å². The summed E-state index contributed by atoms with van der Waals surface area (Å²) in [6.07, 6.45) is 6.50. The van der Waals surface area contributed by atoms with Crippen LogP contribution in [-0.4, -0.2) is 48.4 Å². The highest BCUT2D eigenvalue weighted by Crippen LogP contribution is 2.23. The summed E-state index contributed by atoms with van der Waals surface area (Å²) >= 11 is 0. The Kier molecular flexibility index (Phi) is 9.28. The average Bonchev–Trinajstić information content (AvgIpc) is 3.06. The molecule has 1 aromatic rings. The predicted octanol–water partition coefficient (Wildman–Crippen LogP) is 3.17. The number of likely N-dealkylation sites (tertiary alicyclic amines) is 2. The molecule has 1 aromatic heterocycles.